The van der Waals surface area contributed by atoms with Crippen LogP contribution in [0.4, 0.5) is 26.3 Å². The summed E-state index contributed by atoms with van der Waals surface area (Å²) >= 11 is 2.27. The molecule has 0 fully saturated rings. The Hall–Kier alpha value is -5.20. The molecule has 9 nitrogen and oxygen atoms in total. The fourth-order valence-corrected chi connectivity index (χ4v) is 6.43. The first-order chi connectivity index (χ1) is 25.9. The lowest BCUT2D eigenvalue weighted by atomic mass is 10.2. The van der Waals surface area contributed by atoms with Gasteiger partial charge in [0, 0.05) is 12.1 Å². The summed E-state index contributed by atoms with van der Waals surface area (Å²) < 4.78 is 88.3. The van der Waals surface area contributed by atoms with Crippen LogP contribution in [-0.2, 0) is 12.4 Å². The van der Waals surface area contributed by atoms with Crippen LogP contribution >= 0.6 is 22.7 Å². The quantitative estimate of drug-likeness (QED) is 0.0907. The van der Waals surface area contributed by atoms with Gasteiger partial charge in [0.25, 0.3) is 5.91 Å². The van der Waals surface area contributed by atoms with Crippen LogP contribution in [0.1, 0.15) is 44.3 Å². The number of fused-ring (bicyclic) bond motifs is 2. The van der Waals surface area contributed by atoms with Crippen molar-refractivity contribution in [1.29, 1.82) is 0 Å². The second kappa shape index (κ2) is 18.4. The number of nitrogens with two attached hydrogens (primary N) is 1. The number of hydrogen-bond acceptors (Lipinski definition) is 9. The number of halogens is 6. The van der Waals surface area contributed by atoms with Crippen LogP contribution in [0.2, 0.25) is 0 Å². The van der Waals surface area contributed by atoms with Gasteiger partial charge < -0.3 is 35.8 Å². The molecule has 17 heteroatoms. The number of hydrogen-bond donors (Lipinski definition) is 5. The second-order valence-corrected chi connectivity index (χ2v) is 13.9. The summed E-state index contributed by atoms with van der Waals surface area (Å²) in [4.78, 5) is 23.9. The zero-order valence-corrected chi connectivity index (χ0v) is 30.6. The minimum Gasteiger partial charge on any atom is -0.477 e. The molecule has 2 heterocycles. The summed E-state index contributed by atoms with van der Waals surface area (Å²) in [6, 6.07) is 21.9. The summed E-state index contributed by atoms with van der Waals surface area (Å²) in [6.45, 7) is 3.35. The van der Waals surface area contributed by atoms with E-state index in [-0.39, 0.29) is 47.6 Å². The number of amides is 1. The fourth-order valence-electron chi connectivity index (χ4n) is 4.47. The lowest BCUT2D eigenvalue weighted by Gasteiger charge is -2.09. The number of ether oxygens (including phenoxy) is 2. The summed E-state index contributed by atoms with van der Waals surface area (Å²) in [5.74, 6) is 0.0239. The van der Waals surface area contributed by atoms with Crippen LogP contribution in [0.15, 0.2) is 97.1 Å². The van der Waals surface area contributed by atoms with Gasteiger partial charge in [-0.1, -0.05) is 24.3 Å². The highest BCUT2D eigenvalue weighted by Crippen LogP contribution is 2.39. The van der Waals surface area contributed by atoms with E-state index in [1.165, 1.54) is 41.7 Å². The Morgan fingerprint density at radius 2 is 1.09 bits per heavy atom. The number of benzene rings is 4. The molecule has 2 atom stereocenters. The molecule has 0 saturated heterocycles. The molecular formula is C38H34F6N2O7S2. The average Bonchev–Trinajstić information content (AvgIpc) is 3.79. The maximum Gasteiger partial charge on any atom is 0.416 e. The number of thiophene rings is 2. The van der Waals surface area contributed by atoms with Crippen molar-refractivity contribution in [2.45, 2.75) is 38.3 Å². The summed E-state index contributed by atoms with van der Waals surface area (Å²) in [6.07, 6.45) is -8.80. The molecule has 0 spiro atoms. The van der Waals surface area contributed by atoms with Crippen molar-refractivity contribution in [2.24, 2.45) is 5.73 Å². The highest BCUT2D eigenvalue weighted by atomic mass is 32.1. The van der Waals surface area contributed by atoms with Gasteiger partial charge in [0.15, 0.2) is 0 Å². The Kier molecular flexibility index (Phi) is 14.2. The lowest BCUT2D eigenvalue weighted by molar-refractivity contribution is -0.138. The molecular weight excluding hydrogens is 775 g/mol. The largest absolute Gasteiger partial charge is 0.477 e. The van der Waals surface area contributed by atoms with Gasteiger partial charge in [0.1, 0.15) is 27.9 Å². The molecule has 0 unspecified atom stereocenters. The standard InChI is InChI=1S/C19H16F3NO3S.C16H9F3O3S.C3H9NO/c1-11(10-24)23-18(25)16-9-12-3-2-4-15(17(12)27-16)26-14-7-5-13(6-8-14)19(20,21)22;17-16(18,19)10-4-6-11(7-5-10)22-12-3-1-2-9-8-13(15(20)21)23-14(9)12;1-3(4)2-5/h2-9,11,24H,10H2,1H3,(H,23,25);1-8H,(H,20,21);3,5H,2,4H2,1H3/t11-;;3-/m1.1/s1. The maximum absolute atomic E-state index is 12.7. The van der Waals surface area contributed by atoms with E-state index in [0.29, 0.717) is 31.2 Å². The fraction of sp³-hybridized carbons (Fsp3) is 0.211. The van der Waals surface area contributed by atoms with Gasteiger partial charge in [-0.15, -0.1) is 22.7 Å². The first-order valence-corrected chi connectivity index (χ1v) is 17.8. The third-order valence-corrected chi connectivity index (χ3v) is 9.53. The van der Waals surface area contributed by atoms with Crippen molar-refractivity contribution in [3.05, 3.63) is 118 Å². The minimum absolute atomic E-state index is 0.0602. The van der Waals surface area contributed by atoms with Gasteiger partial charge in [-0.25, -0.2) is 4.79 Å². The molecule has 0 radical (unpaired) electrons. The van der Waals surface area contributed by atoms with E-state index in [4.69, 9.17) is 30.5 Å². The number of carbonyl (C=O) groups excluding carboxylic acids is 1. The second-order valence-electron chi connectivity index (χ2n) is 11.8. The van der Waals surface area contributed by atoms with E-state index in [1.54, 1.807) is 50.2 Å². The summed E-state index contributed by atoms with van der Waals surface area (Å²) in [5.41, 5.74) is 3.54. The number of nitrogens with one attached hydrogen (secondary N) is 1. The first-order valence-electron chi connectivity index (χ1n) is 16.2. The minimum atomic E-state index is -4.40. The number of carboxylic acid groups (broad SMARTS) is 1. The monoisotopic (exact) mass is 808 g/mol. The predicted octanol–water partition coefficient (Wildman–Crippen LogP) is 9.56. The van der Waals surface area contributed by atoms with E-state index in [9.17, 15) is 35.9 Å². The maximum atomic E-state index is 12.7. The van der Waals surface area contributed by atoms with Gasteiger partial charge in [-0.2, -0.15) is 26.3 Å². The highest BCUT2D eigenvalue weighted by Gasteiger charge is 2.31. The molecule has 55 heavy (non-hydrogen) atoms. The molecule has 0 aliphatic heterocycles. The van der Waals surface area contributed by atoms with Crippen LogP contribution in [0, 0.1) is 0 Å². The third-order valence-electron chi connectivity index (χ3n) is 7.21. The Morgan fingerprint density at radius 3 is 1.45 bits per heavy atom. The van der Waals surface area contributed by atoms with Crippen LogP contribution in [0.5, 0.6) is 23.0 Å². The molecule has 6 N–H and O–H groups in total. The smallest absolute Gasteiger partial charge is 0.416 e. The van der Waals surface area contributed by atoms with Crippen molar-refractivity contribution < 1.29 is 60.7 Å². The van der Waals surface area contributed by atoms with Gasteiger partial charge in [0.2, 0.25) is 0 Å². The molecule has 4 aromatic carbocycles. The van der Waals surface area contributed by atoms with E-state index in [0.717, 1.165) is 41.0 Å². The number of aliphatic hydroxyl groups is 2. The average molecular weight is 809 g/mol. The first kappa shape index (κ1) is 42.5. The number of alkyl halides is 6. The molecule has 6 aromatic rings. The van der Waals surface area contributed by atoms with Gasteiger partial charge in [0.05, 0.1) is 38.6 Å². The van der Waals surface area contributed by atoms with E-state index in [1.807, 2.05) is 6.07 Å². The van der Waals surface area contributed by atoms with Crippen LogP contribution in [0.25, 0.3) is 20.2 Å². The summed E-state index contributed by atoms with van der Waals surface area (Å²) in [5, 5.41) is 30.3. The molecule has 2 aromatic heterocycles. The molecule has 0 bridgehead atoms. The van der Waals surface area contributed by atoms with Crippen LogP contribution in [-0.4, -0.2) is 52.5 Å². The zero-order chi connectivity index (χ0) is 40.5. The van der Waals surface area contributed by atoms with Crippen molar-refractivity contribution in [2.75, 3.05) is 13.2 Å². The van der Waals surface area contributed by atoms with Crippen molar-refractivity contribution >= 4 is 54.7 Å². The van der Waals surface area contributed by atoms with E-state index < -0.39 is 29.4 Å². The Bertz CT molecular complexity index is 2200. The van der Waals surface area contributed by atoms with Crippen LogP contribution in [0.3, 0.4) is 0 Å². The van der Waals surface area contributed by atoms with Crippen LogP contribution < -0.4 is 20.5 Å². The van der Waals surface area contributed by atoms with Crippen molar-refractivity contribution in [3.8, 4) is 23.0 Å². The highest BCUT2D eigenvalue weighted by molar-refractivity contribution is 7.21. The Labute approximate surface area is 318 Å². The molecule has 6 rings (SSSR count). The molecule has 292 valence electrons. The number of aliphatic hydroxyl groups excluding tert-OH is 2. The topological polar surface area (TPSA) is 151 Å². The predicted molar refractivity (Wildman–Crippen MR) is 198 cm³/mol. The molecule has 0 saturated carbocycles. The number of carboxylic acids is 1. The summed E-state index contributed by atoms with van der Waals surface area (Å²) in [7, 11) is 0. The van der Waals surface area contributed by atoms with Gasteiger partial charge >= 0.3 is 18.3 Å². The number of aromatic carboxylic acids is 1. The van der Waals surface area contributed by atoms with Gasteiger partial charge in [-0.3, -0.25) is 4.79 Å². The van der Waals surface area contributed by atoms with Crippen molar-refractivity contribution in [1.82, 2.24) is 5.32 Å². The normalized spacial score (nSPS) is 12.5. The Morgan fingerprint density at radius 1 is 0.691 bits per heavy atom. The number of rotatable bonds is 9. The zero-order valence-electron chi connectivity index (χ0n) is 28.9. The number of carbonyl (C=O) groups is 2. The molecule has 0 aliphatic rings. The Balaban J connectivity index is 0.000000220. The third kappa shape index (κ3) is 11.9. The molecule has 0 aliphatic carbocycles. The van der Waals surface area contributed by atoms with Crippen molar-refractivity contribution in [3.63, 3.8) is 0 Å². The van der Waals surface area contributed by atoms with E-state index >= 15 is 0 Å². The molecule has 1 amide bonds. The van der Waals surface area contributed by atoms with E-state index in [2.05, 4.69) is 5.32 Å². The lowest BCUT2D eigenvalue weighted by Crippen LogP contribution is -2.34. The SMILES string of the molecule is C[C@@H](N)CO.C[C@H](CO)NC(=O)c1cc2cccc(Oc3ccc(C(F)(F)F)cc3)c2s1.O=C(O)c1cc2cccc(Oc3ccc(C(F)(F)F)cc3)c2s1. The van der Waals surface area contributed by atoms with Gasteiger partial charge in [-0.05, 0) is 97.4 Å².